The van der Waals surface area contributed by atoms with Crippen LogP contribution in [0.15, 0.2) is 91.0 Å². The molecule has 6 heteroatoms. The van der Waals surface area contributed by atoms with Gasteiger partial charge in [0, 0.05) is 6.42 Å². The molecule has 0 saturated heterocycles. The molecule has 0 spiro atoms. The zero-order chi connectivity index (χ0) is 23.5. The van der Waals surface area contributed by atoms with Gasteiger partial charge in [0.2, 0.25) is 5.91 Å². The lowest BCUT2D eigenvalue weighted by molar-refractivity contribution is -0.139. The van der Waals surface area contributed by atoms with Crippen molar-refractivity contribution < 1.29 is 19.4 Å². The number of aryl methyl sites for hydroxylation is 1. The molecule has 33 heavy (non-hydrogen) atoms. The van der Waals surface area contributed by atoms with Crippen LogP contribution in [0.2, 0.25) is 0 Å². The van der Waals surface area contributed by atoms with Crippen molar-refractivity contribution in [3.8, 4) is 0 Å². The van der Waals surface area contributed by atoms with E-state index in [1.165, 1.54) is 5.01 Å². The van der Waals surface area contributed by atoms with Crippen molar-refractivity contribution in [1.82, 2.24) is 10.4 Å². The van der Waals surface area contributed by atoms with Crippen LogP contribution in [0.25, 0.3) is 0 Å². The molecule has 2 N–H and O–H groups in total. The predicted octanol–water partition coefficient (Wildman–Crippen LogP) is 4.28. The van der Waals surface area contributed by atoms with Crippen molar-refractivity contribution in [3.05, 3.63) is 108 Å². The van der Waals surface area contributed by atoms with Gasteiger partial charge >= 0.3 is 6.09 Å². The molecule has 0 aliphatic heterocycles. The Morgan fingerprint density at radius 1 is 0.848 bits per heavy atom. The van der Waals surface area contributed by atoms with E-state index in [0.29, 0.717) is 12.8 Å². The minimum atomic E-state index is -0.875. The van der Waals surface area contributed by atoms with Crippen LogP contribution in [-0.4, -0.2) is 34.3 Å². The first-order valence-electron chi connectivity index (χ1n) is 11.1. The van der Waals surface area contributed by atoms with Crippen LogP contribution in [0.5, 0.6) is 0 Å². The summed E-state index contributed by atoms with van der Waals surface area (Å²) in [5.41, 5.74) is 5.40. The largest absolute Gasteiger partial charge is 0.443 e. The molecule has 6 nitrogen and oxygen atoms in total. The Labute approximate surface area is 194 Å². The van der Waals surface area contributed by atoms with E-state index in [-0.39, 0.29) is 18.9 Å². The first-order chi connectivity index (χ1) is 16.0. The third-order valence-corrected chi connectivity index (χ3v) is 5.34. The average molecular weight is 447 g/mol. The highest BCUT2D eigenvalue weighted by molar-refractivity contribution is 5.80. The normalized spacial score (nSPS) is 12.4. The van der Waals surface area contributed by atoms with Crippen LogP contribution < -0.4 is 5.43 Å². The molecule has 3 aromatic carbocycles. The first-order valence-corrected chi connectivity index (χ1v) is 11.1. The van der Waals surface area contributed by atoms with Crippen molar-refractivity contribution in [3.63, 3.8) is 0 Å². The van der Waals surface area contributed by atoms with Crippen LogP contribution in [-0.2, 0) is 29.0 Å². The van der Waals surface area contributed by atoms with Gasteiger partial charge in [-0.15, -0.1) is 0 Å². The lowest BCUT2D eigenvalue weighted by Gasteiger charge is -2.33. The second-order valence-electron chi connectivity index (χ2n) is 7.92. The summed E-state index contributed by atoms with van der Waals surface area (Å²) in [6.45, 7) is 1.69. The van der Waals surface area contributed by atoms with Crippen LogP contribution in [0.3, 0.4) is 0 Å². The quantitative estimate of drug-likeness (QED) is 0.481. The molecule has 0 aromatic heterocycles. The molecule has 3 aromatic rings. The Morgan fingerprint density at radius 2 is 1.36 bits per heavy atom. The lowest BCUT2D eigenvalue weighted by Crippen LogP contribution is -2.56. The maximum absolute atomic E-state index is 13.2. The summed E-state index contributed by atoms with van der Waals surface area (Å²) in [6, 6.07) is 27.9. The van der Waals surface area contributed by atoms with Gasteiger partial charge < -0.3 is 9.84 Å². The molecule has 3 rings (SSSR count). The number of ether oxygens (including phenoxy) is 1. The molecule has 2 atom stereocenters. The van der Waals surface area contributed by atoms with E-state index >= 15 is 0 Å². The van der Waals surface area contributed by atoms with Crippen molar-refractivity contribution >= 4 is 12.0 Å². The smallest absolute Gasteiger partial charge is 0.426 e. The van der Waals surface area contributed by atoms with Crippen molar-refractivity contribution in [2.24, 2.45) is 0 Å². The maximum Gasteiger partial charge on any atom is 0.426 e. The molecule has 0 unspecified atom stereocenters. The van der Waals surface area contributed by atoms with E-state index in [9.17, 15) is 14.7 Å². The summed E-state index contributed by atoms with van der Waals surface area (Å²) in [6.07, 6.45) is -0.532. The molecule has 0 fully saturated rings. The predicted molar refractivity (Wildman–Crippen MR) is 127 cm³/mol. The molecule has 172 valence electrons. The molecule has 0 radical (unpaired) electrons. The van der Waals surface area contributed by atoms with E-state index in [1.54, 1.807) is 6.92 Å². The first kappa shape index (κ1) is 24.0. The van der Waals surface area contributed by atoms with Crippen LogP contribution >= 0.6 is 0 Å². The third kappa shape index (κ3) is 7.77. The number of aliphatic hydroxyl groups excluding tert-OH is 1. The molecular weight excluding hydrogens is 416 g/mol. The van der Waals surface area contributed by atoms with Crippen molar-refractivity contribution in [1.29, 1.82) is 0 Å². The summed E-state index contributed by atoms with van der Waals surface area (Å²) in [5, 5.41) is 11.7. The number of hydrogen-bond acceptors (Lipinski definition) is 4. The maximum atomic E-state index is 13.2. The molecular formula is C27H30N2O4. The Kier molecular flexibility index (Phi) is 9.03. The number of hydrazine groups is 1. The Bertz CT molecular complexity index is 994. The van der Waals surface area contributed by atoms with Gasteiger partial charge in [-0.1, -0.05) is 91.0 Å². The topological polar surface area (TPSA) is 78.9 Å². The van der Waals surface area contributed by atoms with E-state index in [1.807, 2.05) is 91.0 Å². The molecule has 2 amide bonds. The second-order valence-corrected chi connectivity index (χ2v) is 7.92. The fourth-order valence-electron chi connectivity index (χ4n) is 3.53. The summed E-state index contributed by atoms with van der Waals surface area (Å²) in [7, 11) is 0. The minimum absolute atomic E-state index is 0.0801. The fourth-order valence-corrected chi connectivity index (χ4v) is 3.53. The van der Waals surface area contributed by atoms with Gasteiger partial charge in [0.05, 0.1) is 12.1 Å². The number of aliphatic hydroxyl groups is 1. The fraction of sp³-hybridized carbons (Fsp3) is 0.259. The zero-order valence-electron chi connectivity index (χ0n) is 18.8. The van der Waals surface area contributed by atoms with E-state index in [4.69, 9.17) is 4.74 Å². The summed E-state index contributed by atoms with van der Waals surface area (Å²) < 4.78 is 5.33. The number of hydrogen-bond donors (Lipinski definition) is 2. The minimum Gasteiger partial charge on any atom is -0.443 e. The Balaban J connectivity index is 1.72. The third-order valence-electron chi connectivity index (χ3n) is 5.34. The summed E-state index contributed by atoms with van der Waals surface area (Å²) >= 11 is 0. The van der Waals surface area contributed by atoms with Gasteiger partial charge in [0.15, 0.2) is 0 Å². The average Bonchev–Trinajstić information content (AvgIpc) is 2.85. The Morgan fingerprint density at radius 3 is 1.91 bits per heavy atom. The number of nitrogens with one attached hydrogen (secondary N) is 1. The highest BCUT2D eigenvalue weighted by atomic mass is 16.6. The van der Waals surface area contributed by atoms with Gasteiger partial charge in [-0.25, -0.2) is 15.2 Å². The zero-order valence-corrected chi connectivity index (χ0v) is 18.8. The number of carbonyl (C=O) groups is 2. The van der Waals surface area contributed by atoms with Gasteiger partial charge in [-0.2, -0.15) is 0 Å². The number of carbonyl (C=O) groups excluding carboxylic acids is 2. The number of benzene rings is 3. The highest BCUT2D eigenvalue weighted by Gasteiger charge is 2.30. The van der Waals surface area contributed by atoms with Gasteiger partial charge in [-0.3, -0.25) is 4.79 Å². The standard InChI is InChI=1S/C27H30N2O4/c1-21(30)25(19-23-13-7-3-8-14-23)29(26(31)18-17-22-11-5-2-6-12-22)28-27(32)33-20-24-15-9-4-10-16-24/h2-16,21,25,30H,17-20H2,1H3,(H,28,32)/t21-,25-/m0/s1. The van der Waals surface area contributed by atoms with Gasteiger partial charge in [0.1, 0.15) is 6.61 Å². The van der Waals surface area contributed by atoms with Crippen LogP contribution in [0.4, 0.5) is 4.79 Å². The summed E-state index contributed by atoms with van der Waals surface area (Å²) in [4.78, 5) is 25.8. The Hall–Kier alpha value is -3.64. The van der Waals surface area contributed by atoms with Crippen molar-refractivity contribution in [2.45, 2.75) is 44.9 Å². The number of nitrogens with zero attached hydrogens (tertiary/aromatic N) is 1. The SMILES string of the molecule is C[C@H](O)[C@H](Cc1ccccc1)N(NC(=O)OCc1ccccc1)C(=O)CCc1ccccc1. The van der Waals surface area contributed by atoms with E-state index in [0.717, 1.165) is 16.7 Å². The highest BCUT2D eigenvalue weighted by Crippen LogP contribution is 2.14. The van der Waals surface area contributed by atoms with E-state index in [2.05, 4.69) is 5.43 Å². The monoisotopic (exact) mass is 446 g/mol. The van der Waals surface area contributed by atoms with Gasteiger partial charge in [0.25, 0.3) is 0 Å². The van der Waals surface area contributed by atoms with Gasteiger partial charge in [-0.05, 0) is 36.5 Å². The second kappa shape index (κ2) is 12.4. The lowest BCUT2D eigenvalue weighted by atomic mass is 10.0. The molecule has 0 heterocycles. The summed E-state index contributed by atoms with van der Waals surface area (Å²) in [5.74, 6) is -0.294. The van der Waals surface area contributed by atoms with Crippen LogP contribution in [0, 0.1) is 0 Å². The number of amides is 2. The van der Waals surface area contributed by atoms with E-state index < -0.39 is 18.2 Å². The molecule has 0 bridgehead atoms. The number of rotatable bonds is 9. The molecule has 0 aliphatic rings. The van der Waals surface area contributed by atoms with Crippen LogP contribution in [0.1, 0.15) is 30.0 Å². The molecule has 0 aliphatic carbocycles. The molecule has 0 saturated carbocycles. The van der Waals surface area contributed by atoms with Crippen molar-refractivity contribution in [2.75, 3.05) is 0 Å².